The summed E-state index contributed by atoms with van der Waals surface area (Å²) in [5.41, 5.74) is 0.718. The van der Waals surface area contributed by atoms with Crippen molar-refractivity contribution in [1.29, 1.82) is 0 Å². The number of rotatable bonds is 4. The van der Waals surface area contributed by atoms with E-state index in [0.717, 1.165) is 42.1 Å². The molecule has 0 bridgehead atoms. The Balaban J connectivity index is 1.51. The highest BCUT2D eigenvalue weighted by Gasteiger charge is 2.21. The van der Waals surface area contributed by atoms with Crippen LogP contribution in [0.25, 0.3) is 0 Å². The average Bonchev–Trinajstić information content (AvgIpc) is 2.84. The summed E-state index contributed by atoms with van der Waals surface area (Å²) in [6.45, 7) is 4.52. The van der Waals surface area contributed by atoms with E-state index in [4.69, 9.17) is 12.2 Å². The van der Waals surface area contributed by atoms with E-state index in [1.165, 1.54) is 0 Å². The maximum absolute atomic E-state index is 12.2. The number of amides is 1. The van der Waals surface area contributed by atoms with Crippen LogP contribution < -0.4 is 5.32 Å². The minimum absolute atomic E-state index is 0.0108. The van der Waals surface area contributed by atoms with Crippen LogP contribution in [0, 0.1) is 11.7 Å². The van der Waals surface area contributed by atoms with Crippen LogP contribution in [0.15, 0.2) is 30.3 Å². The van der Waals surface area contributed by atoms with Crippen molar-refractivity contribution in [2.75, 3.05) is 13.1 Å². The lowest BCUT2D eigenvalue weighted by Crippen LogP contribution is -2.45. The molecule has 0 unspecified atom stereocenters. The van der Waals surface area contributed by atoms with Crippen LogP contribution in [-0.2, 0) is 13.7 Å². The summed E-state index contributed by atoms with van der Waals surface area (Å²) in [6.07, 6.45) is 1.88. The molecule has 0 spiro atoms. The minimum Gasteiger partial charge on any atom is -0.349 e. The number of hydrogen-bond donors (Lipinski definition) is 1. The van der Waals surface area contributed by atoms with E-state index in [1.807, 2.05) is 53.6 Å². The van der Waals surface area contributed by atoms with Crippen molar-refractivity contribution in [2.24, 2.45) is 7.05 Å². The molecule has 1 aromatic heterocycles. The number of hydrogen-bond acceptors (Lipinski definition) is 4. The first-order valence-electron chi connectivity index (χ1n) is 8.23. The molecule has 1 fully saturated rings. The minimum atomic E-state index is 0.0108. The number of nitrogens with one attached hydrogen (secondary N) is 1. The first-order valence-corrected chi connectivity index (χ1v) is 8.64. The summed E-state index contributed by atoms with van der Waals surface area (Å²) >= 11 is 5.40. The van der Waals surface area contributed by atoms with Gasteiger partial charge in [0.2, 0.25) is 0 Å². The van der Waals surface area contributed by atoms with Crippen molar-refractivity contribution in [3.8, 4) is 0 Å². The number of carbonyl (C=O) groups excluding carboxylic acids is 1. The molecule has 0 radical (unpaired) electrons. The van der Waals surface area contributed by atoms with Gasteiger partial charge in [-0.05, 0) is 44.1 Å². The summed E-state index contributed by atoms with van der Waals surface area (Å²) in [4.78, 5) is 14.5. The molecule has 2 heterocycles. The molecule has 1 aliphatic heterocycles. The second kappa shape index (κ2) is 7.27. The number of benzene rings is 1. The van der Waals surface area contributed by atoms with E-state index >= 15 is 0 Å². The van der Waals surface area contributed by atoms with Crippen LogP contribution in [0.2, 0.25) is 0 Å². The smallest absolute Gasteiger partial charge is 0.251 e. The van der Waals surface area contributed by atoms with Gasteiger partial charge in [0.05, 0.1) is 6.67 Å². The lowest BCUT2D eigenvalue weighted by molar-refractivity contribution is 0.0895. The lowest BCUT2D eigenvalue weighted by Gasteiger charge is -2.32. The van der Waals surface area contributed by atoms with Crippen LogP contribution in [-0.4, -0.2) is 44.3 Å². The predicted octanol–water partition coefficient (Wildman–Crippen LogP) is 2.11. The third kappa shape index (κ3) is 3.73. The molecule has 3 rings (SSSR count). The number of aryl methyl sites for hydroxylation is 1. The molecule has 0 saturated carbocycles. The molecule has 1 N–H and O–H groups in total. The number of aromatic nitrogens is 3. The van der Waals surface area contributed by atoms with Gasteiger partial charge < -0.3 is 9.88 Å². The van der Waals surface area contributed by atoms with Gasteiger partial charge in [-0.15, -0.1) is 0 Å². The van der Waals surface area contributed by atoms with Crippen LogP contribution in [0.1, 0.15) is 29.0 Å². The molecule has 0 aliphatic carbocycles. The average molecular weight is 345 g/mol. The number of nitrogens with zero attached hydrogens (tertiary/aromatic N) is 4. The fraction of sp³-hybridized carbons (Fsp3) is 0.471. The molecule has 1 amide bonds. The van der Waals surface area contributed by atoms with E-state index in [-0.39, 0.29) is 11.9 Å². The standard InChI is InChI=1S/C17H23N5OS/c1-13-19-22(17(24)20(13)2)12-21-10-8-15(9-11-21)18-16(23)14-6-4-3-5-7-14/h3-7,15H,8-12H2,1-2H3,(H,18,23). The first kappa shape index (κ1) is 16.9. The molecule has 1 aliphatic rings. The Morgan fingerprint density at radius 1 is 1.29 bits per heavy atom. The molecule has 1 saturated heterocycles. The van der Waals surface area contributed by atoms with Gasteiger partial charge in [-0.25, -0.2) is 4.68 Å². The third-order valence-electron chi connectivity index (χ3n) is 4.55. The van der Waals surface area contributed by atoms with Crippen molar-refractivity contribution in [2.45, 2.75) is 32.5 Å². The molecule has 24 heavy (non-hydrogen) atoms. The van der Waals surface area contributed by atoms with Crippen molar-refractivity contribution in [3.05, 3.63) is 46.5 Å². The zero-order valence-electron chi connectivity index (χ0n) is 14.1. The number of carbonyl (C=O) groups is 1. The molecule has 128 valence electrons. The Kier molecular flexibility index (Phi) is 5.11. The largest absolute Gasteiger partial charge is 0.349 e. The molecular formula is C17H23N5OS. The van der Waals surface area contributed by atoms with Gasteiger partial charge in [0.15, 0.2) is 4.77 Å². The van der Waals surface area contributed by atoms with Crippen molar-refractivity contribution in [3.63, 3.8) is 0 Å². The Morgan fingerprint density at radius 3 is 2.54 bits per heavy atom. The quantitative estimate of drug-likeness (QED) is 0.863. The first-order chi connectivity index (χ1) is 11.5. The molecule has 7 heteroatoms. The van der Waals surface area contributed by atoms with E-state index in [0.29, 0.717) is 6.67 Å². The maximum atomic E-state index is 12.2. The van der Waals surface area contributed by atoms with Gasteiger partial charge in [-0.2, -0.15) is 5.10 Å². The Hall–Kier alpha value is -1.99. The Morgan fingerprint density at radius 2 is 1.96 bits per heavy atom. The van der Waals surface area contributed by atoms with Gasteiger partial charge in [-0.3, -0.25) is 9.69 Å². The SMILES string of the molecule is Cc1nn(CN2CCC(NC(=O)c3ccccc3)CC2)c(=S)n1C. The fourth-order valence-corrected chi connectivity index (χ4v) is 3.19. The van der Waals surface area contributed by atoms with E-state index in [9.17, 15) is 4.79 Å². The monoisotopic (exact) mass is 345 g/mol. The van der Waals surface area contributed by atoms with Gasteiger partial charge in [0.1, 0.15) is 5.82 Å². The second-order valence-corrected chi connectivity index (χ2v) is 6.63. The predicted molar refractivity (Wildman–Crippen MR) is 95.3 cm³/mol. The van der Waals surface area contributed by atoms with Gasteiger partial charge in [0, 0.05) is 31.7 Å². The third-order valence-corrected chi connectivity index (χ3v) is 5.04. The van der Waals surface area contributed by atoms with Crippen molar-refractivity contribution >= 4 is 18.1 Å². The summed E-state index contributed by atoms with van der Waals surface area (Å²) in [7, 11) is 1.94. The van der Waals surface area contributed by atoms with Crippen molar-refractivity contribution in [1.82, 2.24) is 24.6 Å². The number of piperidine rings is 1. The summed E-state index contributed by atoms with van der Waals surface area (Å²) < 4.78 is 4.53. The zero-order valence-corrected chi connectivity index (χ0v) is 14.9. The highest BCUT2D eigenvalue weighted by molar-refractivity contribution is 7.71. The van der Waals surface area contributed by atoms with Crippen molar-refractivity contribution < 1.29 is 4.79 Å². The molecule has 2 aromatic rings. The summed E-state index contributed by atoms with van der Waals surface area (Å²) in [6, 6.07) is 9.60. The topological polar surface area (TPSA) is 55.1 Å². The second-order valence-electron chi connectivity index (χ2n) is 6.26. The summed E-state index contributed by atoms with van der Waals surface area (Å²) in [5.74, 6) is 0.932. The summed E-state index contributed by atoms with van der Waals surface area (Å²) in [5, 5.41) is 7.61. The highest BCUT2D eigenvalue weighted by Crippen LogP contribution is 2.12. The van der Waals surface area contributed by atoms with Crippen LogP contribution in [0.3, 0.4) is 0 Å². The Labute approximate surface area is 147 Å². The van der Waals surface area contributed by atoms with Crippen LogP contribution in [0.5, 0.6) is 0 Å². The lowest BCUT2D eigenvalue weighted by atomic mass is 10.0. The zero-order chi connectivity index (χ0) is 17.1. The van der Waals surface area contributed by atoms with E-state index in [1.54, 1.807) is 0 Å². The van der Waals surface area contributed by atoms with Gasteiger partial charge in [-0.1, -0.05) is 18.2 Å². The van der Waals surface area contributed by atoms with Gasteiger partial charge in [0.25, 0.3) is 5.91 Å². The highest BCUT2D eigenvalue weighted by atomic mass is 32.1. The molecule has 6 nitrogen and oxygen atoms in total. The van der Waals surface area contributed by atoms with Crippen LogP contribution in [0.4, 0.5) is 0 Å². The number of likely N-dealkylation sites (tertiary alicyclic amines) is 1. The molecule has 0 atom stereocenters. The Bertz CT molecular complexity index is 759. The molecular weight excluding hydrogens is 322 g/mol. The van der Waals surface area contributed by atoms with Crippen LogP contribution >= 0.6 is 12.2 Å². The maximum Gasteiger partial charge on any atom is 0.251 e. The van der Waals surface area contributed by atoms with E-state index in [2.05, 4.69) is 15.3 Å². The normalized spacial score (nSPS) is 16.2. The fourth-order valence-electron chi connectivity index (χ4n) is 2.95. The van der Waals surface area contributed by atoms with Gasteiger partial charge >= 0.3 is 0 Å². The van der Waals surface area contributed by atoms with E-state index < -0.39 is 0 Å². The molecule has 1 aromatic carbocycles.